The number of nitro benzene ring substituents is 1. The van der Waals surface area contributed by atoms with Crippen LogP contribution in [-0.4, -0.2) is 17.0 Å². The standard InChI is InChI=1S/C20H16ClN3O4/c1-12-3-6-17(18(21)9-12)20(25)23-22-11-15-5-8-19(28-15)16-7-4-14(24(26)27)10-13(16)2/h3-11H,1-2H3,(H,23,25)/b22-11-. The van der Waals surface area contributed by atoms with E-state index in [-0.39, 0.29) is 5.69 Å². The van der Waals surface area contributed by atoms with Crippen molar-refractivity contribution in [3.63, 3.8) is 0 Å². The van der Waals surface area contributed by atoms with E-state index in [1.54, 1.807) is 43.3 Å². The molecule has 3 rings (SSSR count). The quantitative estimate of drug-likeness (QED) is 0.376. The van der Waals surface area contributed by atoms with E-state index in [9.17, 15) is 14.9 Å². The van der Waals surface area contributed by atoms with Crippen LogP contribution in [0.5, 0.6) is 0 Å². The average molecular weight is 398 g/mol. The number of hydrogen-bond donors (Lipinski definition) is 1. The van der Waals surface area contributed by atoms with Gasteiger partial charge in [0, 0.05) is 17.7 Å². The van der Waals surface area contributed by atoms with Crippen molar-refractivity contribution >= 4 is 29.4 Å². The predicted molar refractivity (Wildman–Crippen MR) is 107 cm³/mol. The fraction of sp³-hybridized carbons (Fsp3) is 0.100. The van der Waals surface area contributed by atoms with Crippen molar-refractivity contribution in [3.05, 3.63) is 86.1 Å². The number of aryl methyl sites for hydroxylation is 2. The summed E-state index contributed by atoms with van der Waals surface area (Å²) in [5.74, 6) is 0.532. The summed E-state index contributed by atoms with van der Waals surface area (Å²) in [5, 5.41) is 15.1. The number of nitro groups is 1. The van der Waals surface area contributed by atoms with Gasteiger partial charge in [0.2, 0.25) is 0 Å². The summed E-state index contributed by atoms with van der Waals surface area (Å²) in [6, 6.07) is 13.1. The van der Waals surface area contributed by atoms with Gasteiger partial charge in [-0.05, 0) is 55.3 Å². The van der Waals surface area contributed by atoms with Gasteiger partial charge in [-0.25, -0.2) is 5.43 Å². The van der Waals surface area contributed by atoms with Crippen LogP contribution in [0.4, 0.5) is 5.69 Å². The Morgan fingerprint density at radius 2 is 1.96 bits per heavy atom. The van der Waals surface area contributed by atoms with Gasteiger partial charge in [-0.2, -0.15) is 5.10 Å². The number of amides is 1. The summed E-state index contributed by atoms with van der Waals surface area (Å²) in [7, 11) is 0. The molecule has 0 bridgehead atoms. The van der Waals surface area contributed by atoms with E-state index in [4.69, 9.17) is 16.0 Å². The largest absolute Gasteiger partial charge is 0.455 e. The maximum absolute atomic E-state index is 12.1. The number of non-ortho nitro benzene ring substituents is 1. The lowest BCUT2D eigenvalue weighted by atomic mass is 10.1. The molecule has 1 aromatic heterocycles. The summed E-state index contributed by atoms with van der Waals surface area (Å²) >= 11 is 6.06. The molecule has 0 saturated heterocycles. The van der Waals surface area contributed by atoms with Crippen LogP contribution in [-0.2, 0) is 0 Å². The highest BCUT2D eigenvalue weighted by molar-refractivity contribution is 6.33. The van der Waals surface area contributed by atoms with Crippen molar-refractivity contribution in [2.24, 2.45) is 5.10 Å². The number of benzene rings is 2. The van der Waals surface area contributed by atoms with Gasteiger partial charge in [0.25, 0.3) is 11.6 Å². The lowest BCUT2D eigenvalue weighted by Gasteiger charge is -2.03. The van der Waals surface area contributed by atoms with E-state index >= 15 is 0 Å². The molecule has 0 unspecified atom stereocenters. The van der Waals surface area contributed by atoms with Crippen LogP contribution in [0, 0.1) is 24.0 Å². The van der Waals surface area contributed by atoms with Crippen LogP contribution < -0.4 is 5.43 Å². The van der Waals surface area contributed by atoms with Gasteiger partial charge in [-0.3, -0.25) is 14.9 Å². The highest BCUT2D eigenvalue weighted by atomic mass is 35.5. The first kappa shape index (κ1) is 19.3. The van der Waals surface area contributed by atoms with Crippen molar-refractivity contribution in [1.82, 2.24) is 5.43 Å². The zero-order valence-corrected chi connectivity index (χ0v) is 15.9. The predicted octanol–water partition coefficient (Wildman–Crippen LogP) is 4.89. The fourth-order valence-corrected chi connectivity index (χ4v) is 2.94. The Hall–Kier alpha value is -3.45. The van der Waals surface area contributed by atoms with Crippen LogP contribution in [0.15, 0.2) is 58.0 Å². The second-order valence-corrected chi connectivity index (χ2v) is 6.55. The molecule has 0 saturated carbocycles. The third kappa shape index (κ3) is 4.27. The topological polar surface area (TPSA) is 97.7 Å². The van der Waals surface area contributed by atoms with E-state index in [0.717, 1.165) is 11.1 Å². The average Bonchev–Trinajstić information content (AvgIpc) is 3.10. The Morgan fingerprint density at radius 1 is 1.18 bits per heavy atom. The summed E-state index contributed by atoms with van der Waals surface area (Å²) in [6.45, 7) is 3.65. The van der Waals surface area contributed by atoms with Crippen LogP contribution in [0.1, 0.15) is 27.2 Å². The minimum Gasteiger partial charge on any atom is -0.455 e. The van der Waals surface area contributed by atoms with E-state index in [1.807, 2.05) is 6.92 Å². The van der Waals surface area contributed by atoms with Crippen LogP contribution in [0.25, 0.3) is 11.3 Å². The number of nitrogens with zero attached hydrogens (tertiary/aromatic N) is 2. The minimum absolute atomic E-state index is 0.0204. The van der Waals surface area contributed by atoms with Gasteiger partial charge < -0.3 is 4.42 Å². The number of carbonyl (C=O) groups is 1. The van der Waals surface area contributed by atoms with Gasteiger partial charge in [-0.15, -0.1) is 0 Å². The zero-order valence-electron chi connectivity index (χ0n) is 15.1. The first-order valence-electron chi connectivity index (χ1n) is 8.30. The molecular weight excluding hydrogens is 382 g/mol. The van der Waals surface area contributed by atoms with Gasteiger partial charge >= 0.3 is 0 Å². The maximum Gasteiger partial charge on any atom is 0.272 e. The molecule has 1 heterocycles. The third-order valence-corrected chi connectivity index (χ3v) is 4.35. The van der Waals surface area contributed by atoms with Gasteiger partial charge in [0.05, 0.1) is 21.7 Å². The molecule has 3 aromatic rings. The number of hydrazone groups is 1. The summed E-state index contributed by atoms with van der Waals surface area (Å²) < 4.78 is 5.68. The molecule has 0 aliphatic heterocycles. The van der Waals surface area contributed by atoms with Crippen LogP contribution in [0.2, 0.25) is 5.02 Å². The second kappa shape index (κ2) is 8.06. The van der Waals surface area contributed by atoms with Gasteiger partial charge in [-0.1, -0.05) is 17.7 Å². The van der Waals surface area contributed by atoms with E-state index < -0.39 is 10.8 Å². The van der Waals surface area contributed by atoms with E-state index in [0.29, 0.717) is 27.7 Å². The molecule has 0 radical (unpaired) electrons. The summed E-state index contributed by atoms with van der Waals surface area (Å²) in [5.41, 5.74) is 5.15. The van der Waals surface area contributed by atoms with Crippen molar-refractivity contribution in [3.8, 4) is 11.3 Å². The smallest absolute Gasteiger partial charge is 0.272 e. The zero-order chi connectivity index (χ0) is 20.3. The number of hydrogen-bond acceptors (Lipinski definition) is 5. The van der Waals surface area contributed by atoms with Gasteiger partial charge in [0.1, 0.15) is 11.5 Å². The van der Waals surface area contributed by atoms with Crippen LogP contribution >= 0.6 is 11.6 Å². The molecular formula is C20H16ClN3O4. The Kier molecular flexibility index (Phi) is 5.56. The normalized spacial score (nSPS) is 11.0. The molecule has 1 N–H and O–H groups in total. The number of rotatable bonds is 5. The summed E-state index contributed by atoms with van der Waals surface area (Å²) in [6.07, 6.45) is 1.37. The molecule has 28 heavy (non-hydrogen) atoms. The lowest BCUT2D eigenvalue weighted by molar-refractivity contribution is -0.384. The molecule has 0 fully saturated rings. The molecule has 0 aliphatic carbocycles. The van der Waals surface area contributed by atoms with Crippen molar-refractivity contribution in [2.45, 2.75) is 13.8 Å². The van der Waals surface area contributed by atoms with Crippen LogP contribution in [0.3, 0.4) is 0 Å². The molecule has 8 heteroatoms. The number of nitrogens with one attached hydrogen (secondary N) is 1. The Labute approximate surface area is 165 Å². The molecule has 0 aliphatic rings. The number of halogens is 1. The highest BCUT2D eigenvalue weighted by Crippen LogP contribution is 2.28. The lowest BCUT2D eigenvalue weighted by Crippen LogP contribution is -2.18. The first-order chi connectivity index (χ1) is 13.3. The number of carbonyl (C=O) groups excluding carboxylic acids is 1. The second-order valence-electron chi connectivity index (χ2n) is 6.14. The van der Waals surface area contributed by atoms with Crippen molar-refractivity contribution in [2.75, 3.05) is 0 Å². The highest BCUT2D eigenvalue weighted by Gasteiger charge is 2.12. The third-order valence-electron chi connectivity index (χ3n) is 4.04. The summed E-state index contributed by atoms with van der Waals surface area (Å²) in [4.78, 5) is 22.5. The Balaban J connectivity index is 1.71. The Morgan fingerprint density at radius 3 is 2.64 bits per heavy atom. The van der Waals surface area contributed by atoms with Crippen molar-refractivity contribution < 1.29 is 14.1 Å². The monoisotopic (exact) mass is 397 g/mol. The molecule has 0 atom stereocenters. The van der Waals surface area contributed by atoms with Gasteiger partial charge in [0.15, 0.2) is 0 Å². The number of furan rings is 1. The fourth-order valence-electron chi connectivity index (χ4n) is 2.62. The molecule has 142 valence electrons. The maximum atomic E-state index is 12.1. The molecule has 7 nitrogen and oxygen atoms in total. The molecule has 1 amide bonds. The van der Waals surface area contributed by atoms with Crippen molar-refractivity contribution in [1.29, 1.82) is 0 Å². The molecule has 0 spiro atoms. The van der Waals surface area contributed by atoms with E-state index in [1.165, 1.54) is 18.3 Å². The molecule has 2 aromatic carbocycles. The Bertz CT molecular complexity index is 1090. The first-order valence-corrected chi connectivity index (χ1v) is 8.68. The van der Waals surface area contributed by atoms with E-state index in [2.05, 4.69) is 10.5 Å². The minimum atomic E-state index is -0.444. The SMILES string of the molecule is Cc1ccc(C(=O)N/N=C\c2ccc(-c3ccc([N+](=O)[O-])cc3C)o2)c(Cl)c1.